The van der Waals surface area contributed by atoms with Crippen molar-refractivity contribution in [1.82, 2.24) is 15.1 Å². The Morgan fingerprint density at radius 2 is 1.69 bits per heavy atom. The molecule has 0 aromatic heterocycles. The molecule has 2 rings (SSSR count). The van der Waals surface area contributed by atoms with Gasteiger partial charge in [0.15, 0.2) is 5.96 Å². The zero-order valence-electron chi connectivity index (χ0n) is 15.8. The van der Waals surface area contributed by atoms with Crippen LogP contribution in [0.2, 0.25) is 0 Å². The van der Waals surface area contributed by atoms with Crippen molar-refractivity contribution in [3.8, 4) is 0 Å². The molecule has 1 amide bonds. The maximum absolute atomic E-state index is 11.7. The quantitative estimate of drug-likeness (QED) is 0.489. The summed E-state index contributed by atoms with van der Waals surface area (Å²) in [5.41, 5.74) is 1.57. The molecule has 0 radical (unpaired) electrons. The van der Waals surface area contributed by atoms with E-state index in [4.69, 9.17) is 9.73 Å². The lowest BCUT2D eigenvalue weighted by atomic mass is 10.1. The number of benzene rings is 1. The first-order valence-corrected chi connectivity index (χ1v) is 9.10. The summed E-state index contributed by atoms with van der Waals surface area (Å²) in [4.78, 5) is 31.9. The van der Waals surface area contributed by atoms with Gasteiger partial charge in [-0.2, -0.15) is 0 Å². The second-order valence-corrected chi connectivity index (χ2v) is 6.08. The van der Waals surface area contributed by atoms with Crippen LogP contribution in [0.25, 0.3) is 0 Å². The Balaban J connectivity index is 1.98. The molecule has 0 bridgehead atoms. The van der Waals surface area contributed by atoms with E-state index in [9.17, 15) is 9.59 Å². The fourth-order valence-electron chi connectivity index (χ4n) is 2.79. The molecule has 1 aliphatic heterocycles. The van der Waals surface area contributed by atoms with Crippen LogP contribution in [0.3, 0.4) is 0 Å². The maximum atomic E-state index is 11.7. The monoisotopic (exact) mass is 360 g/mol. The molecule has 0 spiro atoms. The Kier molecular flexibility index (Phi) is 7.44. The number of aliphatic imine (C=N–C) groups is 1. The molecule has 0 aliphatic carbocycles. The summed E-state index contributed by atoms with van der Waals surface area (Å²) < 4.78 is 4.99. The van der Waals surface area contributed by atoms with Crippen molar-refractivity contribution in [3.63, 3.8) is 0 Å². The van der Waals surface area contributed by atoms with Crippen LogP contribution in [0.15, 0.2) is 29.3 Å². The van der Waals surface area contributed by atoms with Crippen LogP contribution in [0.5, 0.6) is 0 Å². The fraction of sp³-hybridized carbons (Fsp3) is 0.526. The number of hydrogen-bond acceptors (Lipinski definition) is 4. The Bertz CT molecular complexity index is 635. The second kappa shape index (κ2) is 9.79. The summed E-state index contributed by atoms with van der Waals surface area (Å²) in [5.74, 6) is 0.665. The van der Waals surface area contributed by atoms with E-state index in [1.54, 1.807) is 26.0 Å². The second-order valence-electron chi connectivity index (χ2n) is 6.08. The Hall–Kier alpha value is -2.57. The minimum absolute atomic E-state index is 0.119. The highest BCUT2D eigenvalue weighted by molar-refractivity contribution is 5.89. The third kappa shape index (κ3) is 5.47. The zero-order chi connectivity index (χ0) is 18.9. The first kappa shape index (κ1) is 19.8. The Morgan fingerprint density at radius 3 is 2.23 bits per heavy atom. The van der Waals surface area contributed by atoms with E-state index in [1.165, 1.54) is 0 Å². The highest BCUT2D eigenvalue weighted by Crippen LogP contribution is 2.09. The average molecular weight is 360 g/mol. The number of rotatable bonds is 5. The van der Waals surface area contributed by atoms with Gasteiger partial charge in [0.2, 0.25) is 5.91 Å². The standard InChI is InChI=1S/C19H28N4O3/c1-4-20-19(23-12-10-22(11-13-23)15(3)24)21-14-16-6-8-17(9-7-16)18(25)26-5-2/h6-9H,4-5,10-14H2,1-3H3,(H,20,21). The van der Waals surface area contributed by atoms with Gasteiger partial charge >= 0.3 is 5.97 Å². The summed E-state index contributed by atoms with van der Waals surface area (Å²) in [6.07, 6.45) is 0. The van der Waals surface area contributed by atoms with Crippen molar-refractivity contribution in [3.05, 3.63) is 35.4 Å². The number of carbonyl (C=O) groups excluding carboxylic acids is 2. The Labute approximate surface area is 155 Å². The number of guanidine groups is 1. The van der Waals surface area contributed by atoms with E-state index in [1.807, 2.05) is 24.0 Å². The zero-order valence-corrected chi connectivity index (χ0v) is 15.8. The normalized spacial score (nSPS) is 15.0. The third-order valence-corrected chi connectivity index (χ3v) is 4.24. The van der Waals surface area contributed by atoms with Crippen LogP contribution >= 0.6 is 0 Å². The van der Waals surface area contributed by atoms with Gasteiger partial charge in [-0.15, -0.1) is 0 Å². The van der Waals surface area contributed by atoms with E-state index in [0.29, 0.717) is 31.8 Å². The van der Waals surface area contributed by atoms with Crippen LogP contribution in [0.4, 0.5) is 0 Å². The van der Waals surface area contributed by atoms with E-state index in [2.05, 4.69) is 10.2 Å². The predicted molar refractivity (Wildman–Crippen MR) is 101 cm³/mol. The molecule has 26 heavy (non-hydrogen) atoms. The van der Waals surface area contributed by atoms with Crippen LogP contribution in [0, 0.1) is 0 Å². The van der Waals surface area contributed by atoms with E-state index >= 15 is 0 Å². The molecule has 0 unspecified atom stereocenters. The third-order valence-electron chi connectivity index (χ3n) is 4.24. The molecule has 1 aromatic rings. The lowest BCUT2D eigenvalue weighted by Gasteiger charge is -2.36. The van der Waals surface area contributed by atoms with E-state index < -0.39 is 0 Å². The van der Waals surface area contributed by atoms with Gasteiger partial charge in [-0.05, 0) is 31.5 Å². The molecule has 7 heteroatoms. The van der Waals surface area contributed by atoms with Gasteiger partial charge in [0, 0.05) is 39.6 Å². The molecular formula is C19H28N4O3. The van der Waals surface area contributed by atoms with Gasteiger partial charge in [-0.1, -0.05) is 12.1 Å². The van der Waals surface area contributed by atoms with Gasteiger partial charge in [0.05, 0.1) is 18.7 Å². The maximum Gasteiger partial charge on any atom is 0.338 e. The van der Waals surface area contributed by atoms with Gasteiger partial charge in [-0.25, -0.2) is 9.79 Å². The molecule has 0 atom stereocenters. The number of carbonyl (C=O) groups is 2. The molecule has 1 N–H and O–H groups in total. The molecule has 142 valence electrons. The summed E-state index contributed by atoms with van der Waals surface area (Å²) >= 11 is 0. The molecular weight excluding hydrogens is 332 g/mol. The number of ether oxygens (including phenoxy) is 1. The highest BCUT2D eigenvalue weighted by Gasteiger charge is 2.20. The van der Waals surface area contributed by atoms with Gasteiger partial charge in [0.25, 0.3) is 0 Å². The number of nitrogens with zero attached hydrogens (tertiary/aromatic N) is 3. The highest BCUT2D eigenvalue weighted by atomic mass is 16.5. The largest absolute Gasteiger partial charge is 0.462 e. The number of piperazine rings is 1. The van der Waals surface area contributed by atoms with Crippen molar-refractivity contribution in [2.75, 3.05) is 39.3 Å². The minimum Gasteiger partial charge on any atom is -0.462 e. The number of esters is 1. The topological polar surface area (TPSA) is 74.2 Å². The number of nitrogens with one attached hydrogen (secondary N) is 1. The van der Waals surface area contributed by atoms with Gasteiger partial charge in [-0.3, -0.25) is 4.79 Å². The summed E-state index contributed by atoms with van der Waals surface area (Å²) in [7, 11) is 0. The van der Waals surface area contributed by atoms with Crippen molar-refractivity contribution in [1.29, 1.82) is 0 Å². The van der Waals surface area contributed by atoms with Crippen molar-refractivity contribution >= 4 is 17.8 Å². The first-order valence-electron chi connectivity index (χ1n) is 9.10. The minimum atomic E-state index is -0.306. The summed E-state index contributed by atoms with van der Waals surface area (Å²) in [5, 5.41) is 3.31. The van der Waals surface area contributed by atoms with Crippen molar-refractivity contribution < 1.29 is 14.3 Å². The van der Waals surface area contributed by atoms with E-state index in [0.717, 1.165) is 31.2 Å². The average Bonchev–Trinajstić information content (AvgIpc) is 2.66. The predicted octanol–water partition coefficient (Wildman–Crippen LogP) is 1.49. The van der Waals surface area contributed by atoms with Gasteiger partial charge in [0.1, 0.15) is 0 Å². The summed E-state index contributed by atoms with van der Waals surface area (Å²) in [6.45, 7) is 10.1. The molecule has 1 aliphatic rings. The molecule has 1 heterocycles. The Morgan fingerprint density at radius 1 is 1.08 bits per heavy atom. The number of hydrogen-bond donors (Lipinski definition) is 1. The SMILES string of the molecule is CCNC(=NCc1ccc(C(=O)OCC)cc1)N1CCN(C(C)=O)CC1. The molecule has 1 fully saturated rings. The van der Waals surface area contributed by atoms with Crippen molar-refractivity contribution in [2.45, 2.75) is 27.3 Å². The molecule has 0 saturated carbocycles. The molecule has 7 nitrogen and oxygen atoms in total. The molecule has 1 saturated heterocycles. The first-order chi connectivity index (χ1) is 12.5. The van der Waals surface area contributed by atoms with Gasteiger partial charge < -0.3 is 19.9 Å². The lowest BCUT2D eigenvalue weighted by Crippen LogP contribution is -2.53. The number of amides is 1. The molecule has 1 aromatic carbocycles. The van der Waals surface area contributed by atoms with E-state index in [-0.39, 0.29) is 11.9 Å². The fourth-order valence-corrected chi connectivity index (χ4v) is 2.79. The van der Waals surface area contributed by atoms with Crippen LogP contribution in [-0.2, 0) is 16.1 Å². The van der Waals surface area contributed by atoms with Crippen LogP contribution < -0.4 is 5.32 Å². The lowest BCUT2D eigenvalue weighted by molar-refractivity contribution is -0.130. The summed E-state index contributed by atoms with van der Waals surface area (Å²) in [6, 6.07) is 7.32. The van der Waals surface area contributed by atoms with Crippen molar-refractivity contribution in [2.24, 2.45) is 4.99 Å². The van der Waals surface area contributed by atoms with Crippen LogP contribution in [0.1, 0.15) is 36.7 Å². The van der Waals surface area contributed by atoms with Crippen LogP contribution in [-0.4, -0.2) is 67.0 Å². The smallest absolute Gasteiger partial charge is 0.338 e.